The number of hydrazine groups is 1. The molecule has 0 radical (unpaired) electrons. The molecule has 37 heavy (non-hydrogen) atoms. The third-order valence-corrected chi connectivity index (χ3v) is 6.21. The first-order chi connectivity index (χ1) is 17.8. The molecule has 0 aliphatic rings. The zero-order chi connectivity index (χ0) is 26.5. The van der Waals surface area contributed by atoms with Crippen molar-refractivity contribution in [2.45, 2.75) is 6.54 Å². The summed E-state index contributed by atoms with van der Waals surface area (Å²) in [7, 11) is 0. The van der Waals surface area contributed by atoms with Crippen molar-refractivity contribution in [2.24, 2.45) is 5.73 Å². The van der Waals surface area contributed by atoms with Crippen molar-refractivity contribution in [3.05, 3.63) is 105 Å². The van der Waals surface area contributed by atoms with Gasteiger partial charge in [-0.05, 0) is 36.0 Å². The lowest BCUT2D eigenvalue weighted by Crippen LogP contribution is -2.50. The molecule has 0 saturated carbocycles. The summed E-state index contributed by atoms with van der Waals surface area (Å²) in [5.74, 6) is -0.663. The molecule has 0 saturated heterocycles. The SMILES string of the molecule is N#Cc1c(-c2ccccc2)c(-c2ccccc2)nn(CC(=O)NN(C(N)=S)c2ccc(Cl)c(Cl)c2)c1=O. The summed E-state index contributed by atoms with van der Waals surface area (Å²) in [4.78, 5) is 26.3. The highest BCUT2D eigenvalue weighted by atomic mass is 35.5. The van der Waals surface area contributed by atoms with Crippen molar-refractivity contribution in [2.75, 3.05) is 5.01 Å². The Morgan fingerprint density at radius 3 is 2.22 bits per heavy atom. The number of halogens is 2. The Hall–Kier alpha value is -4.23. The quantitative estimate of drug-likeness (QED) is 0.277. The first-order valence-corrected chi connectivity index (χ1v) is 12.0. The van der Waals surface area contributed by atoms with E-state index in [1.165, 1.54) is 12.1 Å². The molecule has 0 bridgehead atoms. The number of rotatable bonds is 5. The largest absolute Gasteiger partial charge is 0.374 e. The summed E-state index contributed by atoms with van der Waals surface area (Å²) in [6.45, 7) is -0.511. The lowest BCUT2D eigenvalue weighted by Gasteiger charge is -2.24. The van der Waals surface area contributed by atoms with E-state index in [1.54, 1.807) is 30.3 Å². The summed E-state index contributed by atoms with van der Waals surface area (Å²) in [6, 6.07) is 24.7. The zero-order valence-corrected chi connectivity index (χ0v) is 21.4. The molecule has 184 valence electrons. The van der Waals surface area contributed by atoms with Gasteiger partial charge in [0.25, 0.3) is 11.5 Å². The van der Waals surface area contributed by atoms with Gasteiger partial charge in [-0.2, -0.15) is 10.4 Å². The highest BCUT2D eigenvalue weighted by molar-refractivity contribution is 7.80. The maximum atomic E-state index is 13.3. The number of aromatic nitrogens is 2. The Labute approximate surface area is 227 Å². The fourth-order valence-corrected chi connectivity index (χ4v) is 4.08. The van der Waals surface area contributed by atoms with E-state index in [0.29, 0.717) is 33.1 Å². The number of hydrogen-bond acceptors (Lipinski definition) is 5. The van der Waals surface area contributed by atoms with Gasteiger partial charge < -0.3 is 5.73 Å². The fraction of sp³-hybridized carbons (Fsp3) is 0.0385. The Bertz CT molecular complexity index is 1590. The van der Waals surface area contributed by atoms with Crippen molar-refractivity contribution in [3.8, 4) is 28.5 Å². The Morgan fingerprint density at radius 2 is 1.65 bits per heavy atom. The van der Waals surface area contributed by atoms with Gasteiger partial charge in [-0.1, -0.05) is 83.9 Å². The molecule has 0 aliphatic carbocycles. The highest BCUT2D eigenvalue weighted by Gasteiger charge is 2.22. The van der Waals surface area contributed by atoms with Crippen LogP contribution in [0, 0.1) is 11.3 Å². The van der Waals surface area contributed by atoms with Crippen LogP contribution >= 0.6 is 35.4 Å². The third-order valence-electron chi connectivity index (χ3n) is 5.29. The van der Waals surface area contributed by atoms with Crippen molar-refractivity contribution < 1.29 is 4.79 Å². The van der Waals surface area contributed by atoms with Crippen LogP contribution in [-0.2, 0) is 11.3 Å². The number of nitrogens with one attached hydrogen (secondary N) is 1. The second kappa shape index (κ2) is 11.2. The standard InChI is InChI=1S/C26H18Cl2N6O2S/c27-20-12-11-18(13-21(20)28)34(26(30)37)31-22(35)15-33-25(36)19(14-29)23(16-7-3-1-4-8-16)24(32-33)17-9-5-2-6-10-17/h1-13H,15H2,(H2,30,37)(H,31,35). The van der Waals surface area contributed by atoms with E-state index in [1.807, 2.05) is 42.5 Å². The van der Waals surface area contributed by atoms with Gasteiger partial charge in [-0.25, -0.2) is 9.69 Å². The molecule has 8 nitrogen and oxygen atoms in total. The highest BCUT2D eigenvalue weighted by Crippen LogP contribution is 2.31. The third kappa shape index (κ3) is 5.62. The van der Waals surface area contributed by atoms with Crippen LogP contribution in [0.1, 0.15) is 5.56 Å². The van der Waals surface area contributed by atoms with Gasteiger partial charge in [-0.3, -0.25) is 15.0 Å². The minimum absolute atomic E-state index is 0.136. The van der Waals surface area contributed by atoms with E-state index in [-0.39, 0.29) is 15.7 Å². The van der Waals surface area contributed by atoms with Gasteiger partial charge in [0.2, 0.25) is 0 Å². The molecule has 4 aromatic rings. The zero-order valence-electron chi connectivity index (χ0n) is 19.1. The number of carbonyl (C=O) groups is 1. The van der Waals surface area contributed by atoms with Crippen molar-refractivity contribution in [1.29, 1.82) is 5.26 Å². The van der Waals surface area contributed by atoms with Crippen LogP contribution in [0.5, 0.6) is 0 Å². The maximum Gasteiger partial charge on any atom is 0.285 e. The molecule has 0 fully saturated rings. The molecule has 11 heteroatoms. The normalized spacial score (nSPS) is 10.4. The van der Waals surface area contributed by atoms with E-state index in [9.17, 15) is 14.9 Å². The molecule has 3 aromatic carbocycles. The Morgan fingerprint density at radius 1 is 1.03 bits per heavy atom. The number of amides is 1. The van der Waals surface area contributed by atoms with Gasteiger partial charge in [-0.15, -0.1) is 0 Å². The second-order valence-corrected chi connectivity index (χ2v) is 8.94. The minimum atomic E-state index is -0.715. The van der Waals surface area contributed by atoms with E-state index in [2.05, 4.69) is 10.5 Å². The molecular weight excluding hydrogens is 531 g/mol. The summed E-state index contributed by atoms with van der Waals surface area (Å²) in [5.41, 5.74) is 9.94. The molecule has 1 heterocycles. The molecule has 1 aromatic heterocycles. The number of carbonyl (C=O) groups excluding carboxylic acids is 1. The van der Waals surface area contributed by atoms with Crippen LogP contribution in [0.15, 0.2) is 83.7 Å². The predicted octanol–water partition coefficient (Wildman–Crippen LogP) is 4.54. The first kappa shape index (κ1) is 25.9. The minimum Gasteiger partial charge on any atom is -0.374 e. The lowest BCUT2D eigenvalue weighted by molar-refractivity contribution is -0.121. The van der Waals surface area contributed by atoms with Crippen LogP contribution in [-0.4, -0.2) is 20.8 Å². The summed E-state index contributed by atoms with van der Waals surface area (Å²) in [5, 5.41) is 15.9. The monoisotopic (exact) mass is 548 g/mol. The molecule has 3 N–H and O–H groups in total. The molecule has 0 aliphatic heterocycles. The van der Waals surface area contributed by atoms with Crippen LogP contribution in [0.3, 0.4) is 0 Å². The average molecular weight is 549 g/mol. The number of thiocarbonyl (C=S) groups is 1. The van der Waals surface area contributed by atoms with Crippen LogP contribution in [0.25, 0.3) is 22.4 Å². The smallest absolute Gasteiger partial charge is 0.285 e. The summed E-state index contributed by atoms with van der Waals surface area (Å²) in [6.07, 6.45) is 0. The number of anilines is 1. The predicted molar refractivity (Wildman–Crippen MR) is 148 cm³/mol. The van der Waals surface area contributed by atoms with Crippen LogP contribution < -0.4 is 21.7 Å². The maximum absolute atomic E-state index is 13.3. The van der Waals surface area contributed by atoms with E-state index >= 15 is 0 Å². The molecule has 0 atom stereocenters. The fourth-order valence-electron chi connectivity index (χ4n) is 3.63. The number of benzene rings is 3. The molecule has 0 spiro atoms. The molecule has 1 amide bonds. The molecular formula is C26H18Cl2N6O2S. The van der Waals surface area contributed by atoms with E-state index in [0.717, 1.165) is 9.69 Å². The summed E-state index contributed by atoms with van der Waals surface area (Å²) >= 11 is 17.1. The Balaban J connectivity index is 1.76. The van der Waals surface area contributed by atoms with Crippen LogP contribution in [0.4, 0.5) is 5.69 Å². The van der Waals surface area contributed by atoms with Crippen molar-refractivity contribution >= 4 is 52.1 Å². The van der Waals surface area contributed by atoms with E-state index in [4.69, 9.17) is 41.2 Å². The van der Waals surface area contributed by atoms with Crippen LogP contribution in [0.2, 0.25) is 10.0 Å². The number of nitrogens with two attached hydrogens (primary N) is 1. The van der Waals surface area contributed by atoms with Gasteiger partial charge in [0.1, 0.15) is 23.9 Å². The Kier molecular flexibility index (Phi) is 7.84. The second-order valence-electron chi connectivity index (χ2n) is 7.71. The lowest BCUT2D eigenvalue weighted by atomic mass is 9.96. The topological polar surface area (TPSA) is 117 Å². The van der Waals surface area contributed by atoms with Crippen molar-refractivity contribution in [3.63, 3.8) is 0 Å². The van der Waals surface area contributed by atoms with Crippen molar-refractivity contribution in [1.82, 2.24) is 15.2 Å². The van der Waals surface area contributed by atoms with E-state index < -0.39 is 18.0 Å². The van der Waals surface area contributed by atoms with Gasteiger partial charge in [0, 0.05) is 11.1 Å². The average Bonchev–Trinajstić information content (AvgIpc) is 2.90. The number of nitriles is 1. The number of nitrogens with zero attached hydrogens (tertiary/aromatic N) is 4. The van der Waals surface area contributed by atoms with Gasteiger partial charge >= 0.3 is 0 Å². The van der Waals surface area contributed by atoms with Gasteiger partial charge in [0.05, 0.1) is 15.7 Å². The summed E-state index contributed by atoms with van der Waals surface area (Å²) < 4.78 is 0.940. The van der Waals surface area contributed by atoms with Gasteiger partial charge in [0.15, 0.2) is 5.11 Å². The molecule has 0 unspecified atom stereocenters. The first-order valence-electron chi connectivity index (χ1n) is 10.8. The number of hydrogen-bond donors (Lipinski definition) is 2. The molecule has 4 rings (SSSR count).